The van der Waals surface area contributed by atoms with Crippen molar-refractivity contribution >= 4 is 17.4 Å². The average Bonchev–Trinajstić information content (AvgIpc) is 2.92. The Kier molecular flexibility index (Phi) is 3.20. The first-order valence-corrected chi connectivity index (χ1v) is 5.09. The van der Waals surface area contributed by atoms with Crippen LogP contribution in [0.15, 0.2) is 36.9 Å². The van der Waals surface area contributed by atoms with Crippen LogP contribution >= 0.6 is 0 Å². The van der Waals surface area contributed by atoms with Gasteiger partial charge >= 0.3 is 6.03 Å². The van der Waals surface area contributed by atoms with E-state index in [9.17, 15) is 14.9 Å². The maximum Gasteiger partial charge on any atom is 0.331 e. The van der Waals surface area contributed by atoms with Crippen LogP contribution in [0.4, 0.5) is 16.2 Å². The first-order chi connectivity index (χ1) is 9.11. The van der Waals surface area contributed by atoms with Crippen LogP contribution in [0.2, 0.25) is 0 Å². The van der Waals surface area contributed by atoms with Crippen LogP contribution in [0.5, 0.6) is 0 Å². The molecule has 0 saturated carbocycles. The molecule has 0 unspecified atom stereocenters. The predicted molar refractivity (Wildman–Crippen MR) is 64.5 cm³/mol. The van der Waals surface area contributed by atoms with Crippen molar-refractivity contribution in [1.82, 2.24) is 9.55 Å². The molecule has 94 valence electrons. The Hall–Kier alpha value is -3.21. The average molecular weight is 257 g/mol. The topological polar surface area (TPSA) is 114 Å². The van der Waals surface area contributed by atoms with Gasteiger partial charge in [-0.05, 0) is 6.07 Å². The van der Waals surface area contributed by atoms with Crippen LogP contribution < -0.4 is 5.32 Å². The second-order valence-electron chi connectivity index (χ2n) is 3.50. The van der Waals surface area contributed by atoms with Crippen molar-refractivity contribution in [3.8, 4) is 6.07 Å². The van der Waals surface area contributed by atoms with Crippen molar-refractivity contribution in [2.45, 2.75) is 0 Å². The number of carbonyl (C=O) groups is 1. The Bertz CT molecular complexity index is 672. The van der Waals surface area contributed by atoms with Crippen molar-refractivity contribution in [3.05, 3.63) is 52.6 Å². The molecule has 8 heteroatoms. The van der Waals surface area contributed by atoms with Gasteiger partial charge in [0.25, 0.3) is 5.69 Å². The molecule has 2 aromatic rings. The van der Waals surface area contributed by atoms with Gasteiger partial charge in [0.1, 0.15) is 12.4 Å². The number of amides is 1. The molecule has 0 aliphatic heterocycles. The van der Waals surface area contributed by atoms with Gasteiger partial charge in [-0.2, -0.15) is 5.26 Å². The van der Waals surface area contributed by atoms with E-state index in [1.54, 1.807) is 6.07 Å². The third-order valence-corrected chi connectivity index (χ3v) is 2.31. The first kappa shape index (κ1) is 12.3. The van der Waals surface area contributed by atoms with E-state index in [-0.39, 0.29) is 16.9 Å². The molecule has 0 atom stereocenters. The third kappa shape index (κ3) is 2.55. The number of nitriles is 1. The predicted octanol–water partition coefficient (Wildman–Crippen LogP) is 1.74. The highest BCUT2D eigenvalue weighted by Crippen LogP contribution is 2.21. The van der Waals surface area contributed by atoms with Gasteiger partial charge in [0.2, 0.25) is 0 Å². The summed E-state index contributed by atoms with van der Waals surface area (Å²) in [7, 11) is 0. The van der Waals surface area contributed by atoms with E-state index in [1.807, 2.05) is 0 Å². The molecule has 1 aromatic carbocycles. The van der Waals surface area contributed by atoms with Crippen LogP contribution in [-0.2, 0) is 0 Å². The van der Waals surface area contributed by atoms with Gasteiger partial charge in [-0.1, -0.05) is 0 Å². The minimum absolute atomic E-state index is 0.0164. The zero-order chi connectivity index (χ0) is 13.8. The molecule has 2 rings (SSSR count). The van der Waals surface area contributed by atoms with Crippen LogP contribution in [0.3, 0.4) is 0 Å². The Morgan fingerprint density at radius 1 is 1.53 bits per heavy atom. The summed E-state index contributed by atoms with van der Waals surface area (Å²) in [6.07, 6.45) is 4.17. The Morgan fingerprint density at radius 2 is 2.32 bits per heavy atom. The van der Waals surface area contributed by atoms with E-state index in [0.717, 1.165) is 6.07 Å². The van der Waals surface area contributed by atoms with Crippen molar-refractivity contribution < 1.29 is 9.72 Å². The molecule has 0 fully saturated rings. The van der Waals surface area contributed by atoms with Crippen LogP contribution in [0, 0.1) is 21.4 Å². The molecule has 0 bridgehead atoms. The summed E-state index contributed by atoms with van der Waals surface area (Å²) in [6, 6.07) is 4.91. The van der Waals surface area contributed by atoms with E-state index in [4.69, 9.17) is 5.26 Å². The smallest absolute Gasteiger partial charge is 0.306 e. The molecule has 1 aromatic heterocycles. The van der Waals surface area contributed by atoms with Crippen LogP contribution in [0.25, 0.3) is 0 Å². The van der Waals surface area contributed by atoms with Gasteiger partial charge in [0.05, 0.1) is 16.2 Å². The molecular weight excluding hydrogens is 250 g/mol. The number of hydrogen-bond acceptors (Lipinski definition) is 5. The van der Waals surface area contributed by atoms with Gasteiger partial charge < -0.3 is 5.32 Å². The SMILES string of the molecule is N#Cc1cc([N+](=O)[O-])ccc1NC(=O)n1ccnc1. The van der Waals surface area contributed by atoms with Crippen molar-refractivity contribution in [2.24, 2.45) is 0 Å². The highest BCUT2D eigenvalue weighted by molar-refractivity contribution is 5.92. The molecule has 0 radical (unpaired) electrons. The number of aromatic nitrogens is 2. The molecular formula is C11H7N5O3. The summed E-state index contributed by atoms with van der Waals surface area (Å²) in [5.74, 6) is 0. The minimum Gasteiger partial charge on any atom is -0.306 e. The van der Waals surface area contributed by atoms with Crippen LogP contribution in [0.1, 0.15) is 5.56 Å². The number of imidazole rings is 1. The monoisotopic (exact) mass is 257 g/mol. The maximum atomic E-state index is 11.7. The first-order valence-electron chi connectivity index (χ1n) is 5.09. The van der Waals surface area contributed by atoms with Gasteiger partial charge in [0.15, 0.2) is 0 Å². The molecule has 8 nitrogen and oxygen atoms in total. The van der Waals surface area contributed by atoms with E-state index in [2.05, 4.69) is 10.3 Å². The number of rotatable bonds is 2. The third-order valence-electron chi connectivity index (χ3n) is 2.31. The van der Waals surface area contributed by atoms with Gasteiger partial charge in [-0.3, -0.25) is 14.7 Å². The van der Waals surface area contributed by atoms with E-state index >= 15 is 0 Å². The number of nitro benzene ring substituents is 1. The molecule has 0 spiro atoms. The lowest BCUT2D eigenvalue weighted by Gasteiger charge is -2.06. The summed E-state index contributed by atoms with van der Waals surface area (Å²) in [5.41, 5.74) is 0.00615. The lowest BCUT2D eigenvalue weighted by molar-refractivity contribution is -0.384. The summed E-state index contributed by atoms with van der Waals surface area (Å²) in [6.45, 7) is 0. The number of non-ortho nitro benzene ring substituents is 1. The van der Waals surface area contributed by atoms with E-state index in [1.165, 1.54) is 35.4 Å². The molecule has 1 heterocycles. The number of carbonyl (C=O) groups excluding carboxylic acids is 1. The molecule has 0 aliphatic rings. The minimum atomic E-state index is -0.609. The second-order valence-corrected chi connectivity index (χ2v) is 3.50. The highest BCUT2D eigenvalue weighted by atomic mass is 16.6. The zero-order valence-electron chi connectivity index (χ0n) is 9.48. The number of nitrogens with zero attached hydrogens (tertiary/aromatic N) is 4. The summed E-state index contributed by atoms with van der Waals surface area (Å²) in [5, 5.41) is 22.0. The fraction of sp³-hybridized carbons (Fsp3) is 0. The normalized spacial score (nSPS) is 9.63. The molecule has 19 heavy (non-hydrogen) atoms. The number of anilines is 1. The lowest BCUT2D eigenvalue weighted by Crippen LogP contribution is -2.18. The summed E-state index contributed by atoms with van der Waals surface area (Å²) < 4.78 is 1.18. The highest BCUT2D eigenvalue weighted by Gasteiger charge is 2.13. The summed E-state index contributed by atoms with van der Waals surface area (Å²) >= 11 is 0. The maximum absolute atomic E-state index is 11.7. The second kappa shape index (κ2) is 4.97. The zero-order valence-corrected chi connectivity index (χ0v) is 9.48. The van der Waals surface area contributed by atoms with Crippen LogP contribution in [-0.4, -0.2) is 20.5 Å². The quantitative estimate of drug-likeness (QED) is 0.650. The number of benzene rings is 1. The van der Waals surface area contributed by atoms with E-state index in [0.29, 0.717) is 0 Å². The fourth-order valence-corrected chi connectivity index (χ4v) is 1.41. The van der Waals surface area contributed by atoms with Crippen molar-refractivity contribution in [3.63, 3.8) is 0 Å². The van der Waals surface area contributed by atoms with Gasteiger partial charge in [-0.25, -0.2) is 9.78 Å². The van der Waals surface area contributed by atoms with Crippen molar-refractivity contribution in [2.75, 3.05) is 5.32 Å². The standard InChI is InChI=1S/C11H7N5O3/c12-6-8-5-9(16(18)19)1-2-10(8)14-11(17)15-4-3-13-7-15/h1-5,7H,(H,14,17). The summed E-state index contributed by atoms with van der Waals surface area (Å²) in [4.78, 5) is 25.4. The number of nitrogens with one attached hydrogen (secondary N) is 1. The van der Waals surface area contributed by atoms with E-state index < -0.39 is 11.0 Å². The largest absolute Gasteiger partial charge is 0.331 e. The molecule has 0 aliphatic carbocycles. The number of nitro groups is 1. The van der Waals surface area contributed by atoms with Gasteiger partial charge in [-0.15, -0.1) is 0 Å². The van der Waals surface area contributed by atoms with Crippen molar-refractivity contribution in [1.29, 1.82) is 5.26 Å². The Labute approximate surface area is 107 Å². The molecule has 1 amide bonds. The Morgan fingerprint density at radius 3 is 2.89 bits per heavy atom. The fourth-order valence-electron chi connectivity index (χ4n) is 1.41. The molecule has 0 saturated heterocycles. The lowest BCUT2D eigenvalue weighted by atomic mass is 10.2. The molecule has 1 N–H and O–H groups in total. The Balaban J connectivity index is 2.28. The van der Waals surface area contributed by atoms with Gasteiger partial charge in [0, 0.05) is 24.5 Å². The number of hydrogen-bond donors (Lipinski definition) is 1.